The Labute approximate surface area is 319 Å². The van der Waals surface area contributed by atoms with Crippen LogP contribution in [0.15, 0.2) is 18.0 Å². The Kier molecular flexibility index (Phi) is 10.4. The van der Waals surface area contributed by atoms with Gasteiger partial charge in [0.2, 0.25) is 5.82 Å². The molecule has 1 unspecified atom stereocenters. The Morgan fingerprint density at radius 2 is 1.75 bits per heavy atom. The third-order valence-electron chi connectivity index (χ3n) is 17.0. The maximum Gasteiger partial charge on any atom is 0.307 e. The van der Waals surface area contributed by atoms with E-state index in [2.05, 4.69) is 90.9 Å². The zero-order chi connectivity index (χ0) is 39.1. The van der Waals surface area contributed by atoms with Crippen molar-refractivity contribution < 1.29 is 24.2 Å². The molecule has 2 heterocycles. The number of carbonyl (C=O) groups is 2. The molecule has 6 rings (SSSR count). The number of carbonyl (C=O) groups excluding carboxylic acids is 1. The molecule has 1 amide bonds. The summed E-state index contributed by atoms with van der Waals surface area (Å²) in [5, 5.41) is 22.5. The van der Waals surface area contributed by atoms with Crippen LogP contribution in [0.25, 0.3) is 0 Å². The predicted octanol–water partition coefficient (Wildman–Crippen LogP) is 7.57. The van der Waals surface area contributed by atoms with E-state index in [0.29, 0.717) is 49.3 Å². The highest BCUT2D eigenvalue weighted by molar-refractivity contribution is 5.90. The van der Waals surface area contributed by atoms with Crippen LogP contribution in [-0.2, 0) is 14.3 Å². The summed E-state index contributed by atoms with van der Waals surface area (Å²) in [5.74, 6) is 0.578. The average Bonchev–Trinajstić information content (AvgIpc) is 3.57. The van der Waals surface area contributed by atoms with Crippen LogP contribution in [0.4, 0.5) is 0 Å². The fourth-order valence-electron chi connectivity index (χ4n) is 12.9. The maximum absolute atomic E-state index is 13.7. The fraction of sp³-hybridized carbons (Fsp3) is 0.860. The second-order valence-corrected chi connectivity index (χ2v) is 20.3. The smallest absolute Gasteiger partial charge is 0.307 e. The fourth-order valence-corrected chi connectivity index (χ4v) is 12.9. The number of ether oxygens (including phenoxy) is 2. The second-order valence-electron chi connectivity index (χ2n) is 20.3. The van der Waals surface area contributed by atoms with E-state index < -0.39 is 17.3 Å². The lowest BCUT2D eigenvalue weighted by molar-refractivity contribution is -0.253. The van der Waals surface area contributed by atoms with Gasteiger partial charge in [-0.1, -0.05) is 74.0 Å². The zero-order valence-electron chi connectivity index (χ0n) is 35.1. The van der Waals surface area contributed by atoms with Gasteiger partial charge in [0.25, 0.3) is 5.91 Å². The average molecular weight is 738 g/mol. The molecule has 4 aliphatic carbocycles. The van der Waals surface area contributed by atoms with Crippen molar-refractivity contribution in [1.29, 1.82) is 0 Å². The second kappa shape index (κ2) is 13.7. The molecule has 4 fully saturated rings. The lowest BCUT2D eigenvalue weighted by Gasteiger charge is -2.71. The number of likely N-dealkylation sites (N-methyl/N-ethyl adjacent to an activating group) is 1. The van der Waals surface area contributed by atoms with Gasteiger partial charge in [-0.3, -0.25) is 9.59 Å². The van der Waals surface area contributed by atoms with E-state index >= 15 is 0 Å². The summed E-state index contributed by atoms with van der Waals surface area (Å²) in [6.07, 6.45) is 9.17. The van der Waals surface area contributed by atoms with Gasteiger partial charge in [0.1, 0.15) is 6.33 Å². The van der Waals surface area contributed by atoms with Crippen molar-refractivity contribution in [2.75, 3.05) is 26.9 Å². The van der Waals surface area contributed by atoms with Crippen LogP contribution in [0, 0.1) is 62.6 Å². The molecule has 5 aliphatic rings. The minimum Gasteiger partial charge on any atom is -0.481 e. The van der Waals surface area contributed by atoms with Crippen molar-refractivity contribution in [3.8, 4) is 0 Å². The number of amides is 1. The van der Waals surface area contributed by atoms with Gasteiger partial charge in [-0.15, -0.1) is 0 Å². The van der Waals surface area contributed by atoms with Crippen LogP contribution in [-0.4, -0.2) is 76.3 Å². The van der Waals surface area contributed by atoms with Gasteiger partial charge in [-0.05, 0) is 112 Å². The van der Waals surface area contributed by atoms with Crippen LogP contribution >= 0.6 is 0 Å². The molecular weight excluding hydrogens is 667 g/mol. The van der Waals surface area contributed by atoms with Crippen molar-refractivity contribution in [1.82, 2.24) is 25.4 Å². The van der Waals surface area contributed by atoms with Crippen LogP contribution in [0.3, 0.4) is 0 Å². The van der Waals surface area contributed by atoms with E-state index in [1.807, 2.05) is 25.6 Å². The van der Waals surface area contributed by atoms with E-state index in [4.69, 9.17) is 14.6 Å². The molecule has 10 heteroatoms. The highest BCUT2D eigenvalue weighted by Crippen LogP contribution is 2.75. The van der Waals surface area contributed by atoms with Crippen LogP contribution in [0.5, 0.6) is 0 Å². The number of aromatic nitrogens is 3. The van der Waals surface area contributed by atoms with Crippen molar-refractivity contribution in [3.63, 3.8) is 0 Å². The number of carboxylic acids is 1. The first kappa shape index (κ1) is 40.4. The topological polar surface area (TPSA) is 128 Å². The molecule has 10 nitrogen and oxygen atoms in total. The minimum absolute atomic E-state index is 0.0428. The van der Waals surface area contributed by atoms with Gasteiger partial charge in [-0.25, -0.2) is 9.67 Å². The zero-order valence-corrected chi connectivity index (χ0v) is 35.1. The summed E-state index contributed by atoms with van der Waals surface area (Å²) in [5.41, 5.74) is -0.320. The van der Waals surface area contributed by atoms with E-state index in [-0.39, 0.29) is 57.2 Å². The molecule has 0 radical (unpaired) electrons. The lowest BCUT2D eigenvalue weighted by Crippen LogP contribution is -2.69. The number of nitrogens with zero attached hydrogens (tertiary/aromatic N) is 3. The number of nitrogens with one attached hydrogen (secondary N) is 2. The Morgan fingerprint density at radius 3 is 2.36 bits per heavy atom. The third kappa shape index (κ3) is 5.88. The molecule has 1 saturated heterocycles. The van der Waals surface area contributed by atoms with Crippen molar-refractivity contribution in [2.45, 2.75) is 145 Å². The number of rotatable bonds is 11. The minimum atomic E-state index is -0.642. The molecule has 3 saturated carbocycles. The molecule has 1 aromatic rings. The highest BCUT2D eigenvalue weighted by Gasteiger charge is 2.72. The maximum atomic E-state index is 13.7. The molecule has 53 heavy (non-hydrogen) atoms. The summed E-state index contributed by atoms with van der Waals surface area (Å²) in [7, 11) is 2.00. The van der Waals surface area contributed by atoms with Crippen molar-refractivity contribution in [2.24, 2.45) is 62.6 Å². The molecule has 3 N–H and O–H groups in total. The first-order chi connectivity index (χ1) is 24.7. The number of allylic oxidation sites excluding steroid dienone is 1. The number of fused-ring (bicyclic) bond motifs is 3. The van der Waals surface area contributed by atoms with Crippen molar-refractivity contribution in [3.05, 3.63) is 23.8 Å². The standard InChI is InChI=1S/C43H71N5O5/c1-25(2)28(7)38(8)18-19-40(10)29-14-15-32-39(9)21-52-23-43(32,30(29)16-17-41(40,11)33(38)37(50)51)20-31(34(39)53-22-42(12,44-13)26(3)4)48-35(45-24-46-48)36(49)47-27(5)6/h16,24-29,31-34,44H,14-15,17-23H2,1-13H3,(H,47,49)(H,50,51)/t28-,29+,31-,32+,33-,34+,38-,39+,40-,41+,42+,43?/m1/s1. The summed E-state index contributed by atoms with van der Waals surface area (Å²) in [6, 6.07) is -0.295. The monoisotopic (exact) mass is 738 g/mol. The first-order valence-electron chi connectivity index (χ1n) is 20.7. The SMILES string of the molecule is CN[C@@](C)(CO[C@H]1[C@H](n2ncnc2C(=O)NC(C)C)CC23COC[C@@]1(C)[C@@H]2CC[C@H]1C3=CC[C@@]2(C)[C@H](C(=O)O)[C@@](C)([C@H](C)C(C)C)CC[C@]12C)C(C)C. The van der Waals surface area contributed by atoms with Gasteiger partial charge in [0, 0.05) is 22.4 Å². The van der Waals surface area contributed by atoms with Gasteiger partial charge >= 0.3 is 5.97 Å². The molecular formula is C43H71N5O5. The van der Waals surface area contributed by atoms with Gasteiger partial charge in [0.15, 0.2) is 0 Å². The molecule has 0 aromatic carbocycles. The summed E-state index contributed by atoms with van der Waals surface area (Å²) < 4.78 is 15.8. The molecule has 1 aliphatic heterocycles. The molecule has 0 spiro atoms. The number of carboxylic acid groups (broad SMARTS) is 1. The van der Waals surface area contributed by atoms with E-state index in [9.17, 15) is 14.7 Å². The Bertz CT molecular complexity index is 1590. The van der Waals surface area contributed by atoms with Gasteiger partial charge in [-0.2, -0.15) is 5.10 Å². The largest absolute Gasteiger partial charge is 0.481 e. The predicted molar refractivity (Wildman–Crippen MR) is 207 cm³/mol. The van der Waals surface area contributed by atoms with Crippen LogP contribution in [0.1, 0.15) is 138 Å². The normalized spacial score (nSPS) is 41.2. The van der Waals surface area contributed by atoms with Gasteiger partial charge < -0.3 is 25.2 Å². The first-order valence-corrected chi connectivity index (χ1v) is 20.7. The Balaban J connectivity index is 1.48. The molecule has 12 atom stereocenters. The number of hydrogen-bond donors (Lipinski definition) is 3. The Morgan fingerprint density at radius 1 is 1.06 bits per heavy atom. The highest BCUT2D eigenvalue weighted by atomic mass is 16.5. The lowest BCUT2D eigenvalue weighted by atomic mass is 9.34. The van der Waals surface area contributed by atoms with Crippen molar-refractivity contribution >= 4 is 11.9 Å². The number of hydrogen-bond acceptors (Lipinski definition) is 7. The summed E-state index contributed by atoms with van der Waals surface area (Å²) in [6.45, 7) is 28.4. The molecule has 1 aromatic heterocycles. The van der Waals surface area contributed by atoms with E-state index in [0.717, 1.165) is 38.5 Å². The molecule has 2 bridgehead atoms. The van der Waals surface area contributed by atoms with Crippen LogP contribution < -0.4 is 10.6 Å². The summed E-state index contributed by atoms with van der Waals surface area (Å²) in [4.78, 5) is 31.8. The quantitative estimate of drug-likeness (QED) is 0.199. The van der Waals surface area contributed by atoms with Gasteiger partial charge in [0.05, 0.1) is 37.9 Å². The third-order valence-corrected chi connectivity index (χ3v) is 17.0. The Hall–Kier alpha value is -2.30. The van der Waals surface area contributed by atoms with E-state index in [1.165, 1.54) is 11.9 Å². The number of aliphatic carboxylic acids is 1. The van der Waals surface area contributed by atoms with E-state index in [1.54, 1.807) is 0 Å². The van der Waals surface area contributed by atoms with Crippen LogP contribution in [0.2, 0.25) is 0 Å². The molecule has 298 valence electrons. The summed E-state index contributed by atoms with van der Waals surface area (Å²) >= 11 is 0.